The molecular weight excluding hydrogens is 196 g/mol. The number of hydrogen-bond acceptors (Lipinski definition) is 1. The molecule has 1 nitrogen and oxygen atoms in total. The number of aryl methyl sites for hydroxylation is 1. The fraction of sp³-hybridized carbons (Fsp3) is 0.333. The third-order valence-corrected chi connectivity index (χ3v) is 2.55. The maximum Gasteiger partial charge on any atom is 0.122 e. The lowest BCUT2D eigenvalue weighted by Crippen LogP contribution is -2.02. The van der Waals surface area contributed by atoms with Crippen molar-refractivity contribution in [1.82, 2.24) is 0 Å². The number of benzene rings is 1. The summed E-state index contributed by atoms with van der Waals surface area (Å²) in [5.74, 6) is 1.36. The summed E-state index contributed by atoms with van der Waals surface area (Å²) in [6, 6.07) is 6.02. The second-order valence-electron chi connectivity index (χ2n) is 3.37. The van der Waals surface area contributed by atoms with Gasteiger partial charge >= 0.3 is 0 Å². The van der Waals surface area contributed by atoms with Crippen LogP contribution in [0.1, 0.15) is 11.1 Å². The standard InChI is InChI=1S/C12H15ClO/c1-9(7-13)8-14-12-6-4-5-10(2)11(12)3/h4-6H,1,7-8H2,2-3H3. The van der Waals surface area contributed by atoms with Gasteiger partial charge in [0.25, 0.3) is 0 Å². The molecule has 0 aliphatic rings. The van der Waals surface area contributed by atoms with Crippen LogP contribution in [0, 0.1) is 13.8 Å². The lowest BCUT2D eigenvalue weighted by atomic mass is 10.1. The van der Waals surface area contributed by atoms with Crippen LogP contribution in [0.15, 0.2) is 30.4 Å². The van der Waals surface area contributed by atoms with Gasteiger partial charge in [0, 0.05) is 5.88 Å². The van der Waals surface area contributed by atoms with E-state index in [0.29, 0.717) is 12.5 Å². The molecule has 0 saturated carbocycles. The van der Waals surface area contributed by atoms with Crippen LogP contribution in [0.2, 0.25) is 0 Å². The van der Waals surface area contributed by atoms with Gasteiger partial charge in [-0.3, -0.25) is 0 Å². The van der Waals surface area contributed by atoms with Crippen LogP contribution in [-0.2, 0) is 0 Å². The van der Waals surface area contributed by atoms with E-state index in [4.69, 9.17) is 16.3 Å². The van der Waals surface area contributed by atoms with E-state index in [0.717, 1.165) is 11.3 Å². The van der Waals surface area contributed by atoms with Gasteiger partial charge in [-0.1, -0.05) is 18.7 Å². The highest BCUT2D eigenvalue weighted by molar-refractivity contribution is 6.19. The zero-order valence-corrected chi connectivity index (χ0v) is 9.40. The van der Waals surface area contributed by atoms with Crippen LogP contribution in [0.25, 0.3) is 0 Å². The first-order valence-corrected chi connectivity index (χ1v) is 5.10. The van der Waals surface area contributed by atoms with Gasteiger partial charge in [-0.15, -0.1) is 11.6 Å². The van der Waals surface area contributed by atoms with Crippen LogP contribution in [0.3, 0.4) is 0 Å². The molecule has 0 aromatic heterocycles. The highest BCUT2D eigenvalue weighted by Crippen LogP contribution is 2.20. The summed E-state index contributed by atoms with van der Waals surface area (Å²) < 4.78 is 5.59. The van der Waals surface area contributed by atoms with Crippen LogP contribution in [-0.4, -0.2) is 12.5 Å². The molecule has 0 atom stereocenters. The Balaban J connectivity index is 2.68. The average Bonchev–Trinajstić information content (AvgIpc) is 2.20. The molecule has 0 unspecified atom stereocenters. The van der Waals surface area contributed by atoms with E-state index < -0.39 is 0 Å². The summed E-state index contributed by atoms with van der Waals surface area (Å²) >= 11 is 5.61. The fourth-order valence-electron chi connectivity index (χ4n) is 1.10. The molecule has 0 N–H and O–H groups in total. The minimum absolute atomic E-state index is 0.449. The van der Waals surface area contributed by atoms with E-state index in [2.05, 4.69) is 19.6 Å². The molecular formula is C12H15ClO. The molecule has 0 aliphatic heterocycles. The predicted molar refractivity (Wildman–Crippen MR) is 61.3 cm³/mol. The molecule has 0 aliphatic carbocycles. The normalized spacial score (nSPS) is 9.93. The molecule has 0 heterocycles. The monoisotopic (exact) mass is 210 g/mol. The van der Waals surface area contributed by atoms with Crippen molar-refractivity contribution in [1.29, 1.82) is 0 Å². The van der Waals surface area contributed by atoms with E-state index in [1.54, 1.807) is 0 Å². The zero-order chi connectivity index (χ0) is 10.6. The summed E-state index contributed by atoms with van der Waals surface area (Å²) in [6.45, 7) is 8.39. The van der Waals surface area contributed by atoms with Gasteiger partial charge in [0.15, 0.2) is 0 Å². The second kappa shape index (κ2) is 5.06. The average molecular weight is 211 g/mol. The van der Waals surface area contributed by atoms with Crippen LogP contribution < -0.4 is 4.74 Å². The molecule has 0 saturated heterocycles. The Kier molecular flexibility index (Phi) is 4.02. The maximum atomic E-state index is 5.61. The molecule has 0 amide bonds. The van der Waals surface area contributed by atoms with Gasteiger partial charge in [-0.25, -0.2) is 0 Å². The van der Waals surface area contributed by atoms with Crippen molar-refractivity contribution in [2.75, 3.05) is 12.5 Å². The molecule has 0 spiro atoms. The molecule has 14 heavy (non-hydrogen) atoms. The number of ether oxygens (including phenoxy) is 1. The Labute approximate surface area is 90.3 Å². The van der Waals surface area contributed by atoms with Crippen LogP contribution >= 0.6 is 11.6 Å². The van der Waals surface area contributed by atoms with Gasteiger partial charge in [0.05, 0.1) is 0 Å². The van der Waals surface area contributed by atoms with Crippen molar-refractivity contribution in [2.24, 2.45) is 0 Å². The molecule has 2 heteroatoms. The number of alkyl halides is 1. The first-order chi connectivity index (χ1) is 6.65. The second-order valence-corrected chi connectivity index (χ2v) is 3.64. The molecule has 0 fully saturated rings. The fourth-order valence-corrected chi connectivity index (χ4v) is 1.18. The van der Waals surface area contributed by atoms with Gasteiger partial charge in [0.1, 0.15) is 12.4 Å². The maximum absolute atomic E-state index is 5.61. The van der Waals surface area contributed by atoms with Crippen molar-refractivity contribution in [3.63, 3.8) is 0 Å². The molecule has 1 aromatic rings. The Bertz CT molecular complexity index is 331. The van der Waals surface area contributed by atoms with E-state index >= 15 is 0 Å². The Morgan fingerprint density at radius 3 is 2.79 bits per heavy atom. The quantitative estimate of drug-likeness (QED) is 0.546. The minimum atomic E-state index is 0.449. The van der Waals surface area contributed by atoms with E-state index in [1.165, 1.54) is 11.1 Å². The highest BCUT2D eigenvalue weighted by Gasteiger charge is 2.01. The first-order valence-electron chi connectivity index (χ1n) is 4.56. The van der Waals surface area contributed by atoms with Gasteiger partial charge < -0.3 is 4.74 Å². The molecule has 0 radical (unpaired) electrons. The lowest BCUT2D eigenvalue weighted by molar-refractivity contribution is 0.350. The van der Waals surface area contributed by atoms with Crippen molar-refractivity contribution >= 4 is 11.6 Å². The number of rotatable bonds is 4. The molecule has 1 rings (SSSR count). The molecule has 76 valence electrons. The Morgan fingerprint density at radius 1 is 1.43 bits per heavy atom. The third kappa shape index (κ3) is 2.78. The Hall–Kier alpha value is -0.950. The lowest BCUT2D eigenvalue weighted by Gasteiger charge is -2.10. The smallest absolute Gasteiger partial charge is 0.122 e. The summed E-state index contributed by atoms with van der Waals surface area (Å²) in [5.41, 5.74) is 3.31. The SMILES string of the molecule is C=C(CCl)COc1cccc(C)c1C. The minimum Gasteiger partial charge on any atom is -0.489 e. The molecule has 0 bridgehead atoms. The Morgan fingerprint density at radius 2 is 2.14 bits per heavy atom. The topological polar surface area (TPSA) is 9.23 Å². The van der Waals surface area contributed by atoms with E-state index in [-0.39, 0.29) is 0 Å². The third-order valence-electron chi connectivity index (χ3n) is 2.18. The summed E-state index contributed by atoms with van der Waals surface area (Å²) in [5, 5.41) is 0. The van der Waals surface area contributed by atoms with E-state index in [1.807, 2.05) is 19.1 Å². The van der Waals surface area contributed by atoms with Gasteiger partial charge in [-0.2, -0.15) is 0 Å². The van der Waals surface area contributed by atoms with E-state index in [9.17, 15) is 0 Å². The summed E-state index contributed by atoms with van der Waals surface area (Å²) in [6.07, 6.45) is 0. The van der Waals surface area contributed by atoms with Gasteiger partial charge in [0.2, 0.25) is 0 Å². The summed E-state index contributed by atoms with van der Waals surface area (Å²) in [7, 11) is 0. The number of hydrogen-bond donors (Lipinski definition) is 0. The van der Waals surface area contributed by atoms with Crippen molar-refractivity contribution in [3.05, 3.63) is 41.5 Å². The van der Waals surface area contributed by atoms with Gasteiger partial charge in [-0.05, 0) is 36.6 Å². The van der Waals surface area contributed by atoms with Crippen LogP contribution in [0.5, 0.6) is 5.75 Å². The van der Waals surface area contributed by atoms with Crippen LogP contribution in [0.4, 0.5) is 0 Å². The number of halogens is 1. The molecule has 1 aromatic carbocycles. The van der Waals surface area contributed by atoms with Crippen molar-refractivity contribution in [3.8, 4) is 5.75 Å². The summed E-state index contributed by atoms with van der Waals surface area (Å²) in [4.78, 5) is 0. The first kappa shape index (κ1) is 11.1. The highest BCUT2D eigenvalue weighted by atomic mass is 35.5. The predicted octanol–water partition coefficient (Wildman–Crippen LogP) is 3.48. The van der Waals surface area contributed by atoms with Crippen molar-refractivity contribution < 1.29 is 4.74 Å². The zero-order valence-electron chi connectivity index (χ0n) is 8.64. The largest absolute Gasteiger partial charge is 0.489 e. The van der Waals surface area contributed by atoms with Crippen molar-refractivity contribution in [2.45, 2.75) is 13.8 Å².